The van der Waals surface area contributed by atoms with Crippen LogP contribution < -0.4 is 5.73 Å². The van der Waals surface area contributed by atoms with E-state index in [1.807, 2.05) is 36.2 Å². The van der Waals surface area contributed by atoms with Crippen LogP contribution in [0.25, 0.3) is 0 Å². The molecule has 0 saturated heterocycles. The van der Waals surface area contributed by atoms with E-state index in [-0.39, 0.29) is 5.91 Å². The first-order valence-electron chi connectivity index (χ1n) is 7.68. The van der Waals surface area contributed by atoms with Gasteiger partial charge in [0.25, 0.3) is 5.91 Å². The van der Waals surface area contributed by atoms with Crippen molar-refractivity contribution in [3.05, 3.63) is 35.4 Å². The Kier molecular flexibility index (Phi) is 5.18. The molecule has 110 valence electrons. The van der Waals surface area contributed by atoms with Gasteiger partial charge in [0.1, 0.15) is 0 Å². The van der Waals surface area contributed by atoms with E-state index < -0.39 is 0 Å². The number of benzene rings is 1. The molecule has 0 spiro atoms. The Bertz CT molecular complexity index is 441. The summed E-state index contributed by atoms with van der Waals surface area (Å²) in [5.41, 5.74) is 7.52. The van der Waals surface area contributed by atoms with E-state index in [9.17, 15) is 4.79 Å². The van der Waals surface area contributed by atoms with E-state index in [1.165, 1.54) is 18.4 Å². The summed E-state index contributed by atoms with van der Waals surface area (Å²) in [6.45, 7) is 2.93. The summed E-state index contributed by atoms with van der Waals surface area (Å²) in [6, 6.07) is 8.27. The summed E-state index contributed by atoms with van der Waals surface area (Å²) in [6.07, 6.45) is 5.67. The molecule has 1 aromatic carbocycles. The summed E-state index contributed by atoms with van der Waals surface area (Å²) >= 11 is 0. The van der Waals surface area contributed by atoms with Crippen LogP contribution >= 0.6 is 0 Å². The zero-order chi connectivity index (χ0) is 14.5. The molecule has 0 aromatic heterocycles. The molecule has 1 fully saturated rings. The van der Waals surface area contributed by atoms with E-state index in [1.54, 1.807) is 0 Å². The lowest BCUT2D eigenvalue weighted by Crippen LogP contribution is -2.39. The normalized spacial score (nSPS) is 22.6. The van der Waals surface area contributed by atoms with E-state index in [0.717, 1.165) is 30.7 Å². The highest BCUT2D eigenvalue weighted by molar-refractivity contribution is 5.94. The van der Waals surface area contributed by atoms with Crippen molar-refractivity contribution in [3.63, 3.8) is 0 Å². The van der Waals surface area contributed by atoms with Gasteiger partial charge in [-0.3, -0.25) is 4.79 Å². The largest absolute Gasteiger partial charge is 0.339 e. The standard InChI is InChI=1S/C17H26N2O/c1-13-4-3-5-16(12-13)19(2)17(20)15-8-6-14(7-9-15)10-11-18/h6-9,13,16H,3-5,10-12,18H2,1-2H3. The Balaban J connectivity index is 2.02. The lowest BCUT2D eigenvalue weighted by molar-refractivity contribution is 0.0672. The summed E-state index contributed by atoms with van der Waals surface area (Å²) in [7, 11) is 1.94. The molecule has 1 aromatic rings. The third kappa shape index (κ3) is 3.60. The zero-order valence-corrected chi connectivity index (χ0v) is 12.6. The Morgan fingerprint density at radius 3 is 2.60 bits per heavy atom. The van der Waals surface area contributed by atoms with E-state index in [0.29, 0.717) is 12.6 Å². The molecule has 20 heavy (non-hydrogen) atoms. The number of hydrogen-bond acceptors (Lipinski definition) is 2. The fraction of sp³-hybridized carbons (Fsp3) is 0.588. The van der Waals surface area contributed by atoms with Crippen molar-refractivity contribution < 1.29 is 4.79 Å². The summed E-state index contributed by atoms with van der Waals surface area (Å²) < 4.78 is 0. The second kappa shape index (κ2) is 6.89. The highest BCUT2D eigenvalue weighted by atomic mass is 16.2. The second-order valence-corrected chi connectivity index (χ2v) is 6.08. The van der Waals surface area contributed by atoms with Crippen molar-refractivity contribution in [3.8, 4) is 0 Å². The van der Waals surface area contributed by atoms with Crippen molar-refractivity contribution in [2.75, 3.05) is 13.6 Å². The molecule has 1 saturated carbocycles. The molecular weight excluding hydrogens is 248 g/mol. The molecule has 3 nitrogen and oxygen atoms in total. The van der Waals surface area contributed by atoms with Crippen LogP contribution in [0.5, 0.6) is 0 Å². The number of rotatable bonds is 4. The number of carbonyl (C=O) groups is 1. The lowest BCUT2D eigenvalue weighted by Gasteiger charge is -2.34. The van der Waals surface area contributed by atoms with Crippen molar-refractivity contribution in [1.82, 2.24) is 4.90 Å². The summed E-state index contributed by atoms with van der Waals surface area (Å²) in [4.78, 5) is 14.5. The Hall–Kier alpha value is -1.35. The average molecular weight is 274 g/mol. The van der Waals surface area contributed by atoms with Crippen LogP contribution in [-0.4, -0.2) is 30.4 Å². The Morgan fingerprint density at radius 2 is 2.00 bits per heavy atom. The first-order valence-corrected chi connectivity index (χ1v) is 7.68. The predicted molar refractivity (Wildman–Crippen MR) is 82.7 cm³/mol. The number of hydrogen-bond donors (Lipinski definition) is 1. The Morgan fingerprint density at radius 1 is 1.30 bits per heavy atom. The minimum absolute atomic E-state index is 0.142. The van der Waals surface area contributed by atoms with Crippen molar-refractivity contribution >= 4 is 5.91 Å². The topological polar surface area (TPSA) is 46.3 Å². The maximum Gasteiger partial charge on any atom is 0.253 e. The smallest absolute Gasteiger partial charge is 0.253 e. The predicted octanol–water partition coefficient (Wildman–Crippen LogP) is 2.84. The minimum atomic E-state index is 0.142. The minimum Gasteiger partial charge on any atom is -0.339 e. The second-order valence-electron chi connectivity index (χ2n) is 6.08. The van der Waals surface area contributed by atoms with Gasteiger partial charge in [-0.05, 0) is 49.4 Å². The maximum atomic E-state index is 12.5. The summed E-state index contributed by atoms with van der Waals surface area (Å²) in [5.74, 6) is 0.874. The third-order valence-electron chi connectivity index (χ3n) is 4.41. The molecule has 2 N–H and O–H groups in total. The third-order valence-corrected chi connectivity index (χ3v) is 4.41. The molecule has 2 rings (SSSR count). The zero-order valence-electron chi connectivity index (χ0n) is 12.6. The van der Waals surface area contributed by atoms with E-state index >= 15 is 0 Å². The highest BCUT2D eigenvalue weighted by Gasteiger charge is 2.25. The van der Waals surface area contributed by atoms with Gasteiger partial charge in [-0.25, -0.2) is 0 Å². The number of nitrogens with zero attached hydrogens (tertiary/aromatic N) is 1. The van der Waals surface area contributed by atoms with Crippen LogP contribution in [0.4, 0.5) is 0 Å². The van der Waals surface area contributed by atoms with E-state index in [4.69, 9.17) is 5.73 Å². The van der Waals surface area contributed by atoms with Crippen LogP contribution in [0.1, 0.15) is 48.5 Å². The Labute approximate surface area is 122 Å². The quantitative estimate of drug-likeness (QED) is 0.917. The molecule has 2 unspecified atom stereocenters. The molecule has 2 atom stereocenters. The number of nitrogens with two attached hydrogens (primary N) is 1. The molecular formula is C17H26N2O. The van der Waals surface area contributed by atoms with Gasteiger partial charge in [-0.15, -0.1) is 0 Å². The van der Waals surface area contributed by atoms with Crippen molar-refractivity contribution in [2.24, 2.45) is 11.7 Å². The van der Waals surface area contributed by atoms with Gasteiger partial charge in [0.15, 0.2) is 0 Å². The fourth-order valence-corrected chi connectivity index (χ4v) is 3.10. The maximum absolute atomic E-state index is 12.5. The SMILES string of the molecule is CC1CCCC(N(C)C(=O)c2ccc(CCN)cc2)C1. The fourth-order valence-electron chi connectivity index (χ4n) is 3.10. The first kappa shape index (κ1) is 15.0. The molecule has 1 aliphatic rings. The molecule has 0 bridgehead atoms. The summed E-state index contributed by atoms with van der Waals surface area (Å²) in [5, 5.41) is 0. The molecule has 1 aliphatic carbocycles. The van der Waals surface area contributed by atoms with Gasteiger partial charge in [0.05, 0.1) is 0 Å². The van der Waals surface area contributed by atoms with Gasteiger partial charge in [0.2, 0.25) is 0 Å². The van der Waals surface area contributed by atoms with Crippen LogP contribution in [0.15, 0.2) is 24.3 Å². The number of amides is 1. The van der Waals surface area contributed by atoms with Crippen LogP contribution in [0.2, 0.25) is 0 Å². The molecule has 0 heterocycles. The average Bonchev–Trinajstić information content (AvgIpc) is 2.47. The van der Waals surface area contributed by atoms with Gasteiger partial charge in [0, 0.05) is 18.7 Å². The highest BCUT2D eigenvalue weighted by Crippen LogP contribution is 2.27. The van der Waals surface area contributed by atoms with Crippen molar-refractivity contribution in [2.45, 2.75) is 45.1 Å². The van der Waals surface area contributed by atoms with Crippen LogP contribution in [0.3, 0.4) is 0 Å². The molecule has 0 aliphatic heterocycles. The molecule has 0 radical (unpaired) electrons. The number of carbonyl (C=O) groups excluding carboxylic acids is 1. The van der Waals surface area contributed by atoms with E-state index in [2.05, 4.69) is 6.92 Å². The van der Waals surface area contributed by atoms with Crippen molar-refractivity contribution in [1.29, 1.82) is 0 Å². The van der Waals surface area contributed by atoms with Gasteiger partial charge in [-0.2, -0.15) is 0 Å². The van der Waals surface area contributed by atoms with Gasteiger partial charge < -0.3 is 10.6 Å². The van der Waals surface area contributed by atoms with Crippen LogP contribution in [-0.2, 0) is 6.42 Å². The van der Waals surface area contributed by atoms with Gasteiger partial charge in [-0.1, -0.05) is 31.9 Å². The molecule has 3 heteroatoms. The monoisotopic (exact) mass is 274 g/mol. The first-order chi connectivity index (χ1) is 9.61. The lowest BCUT2D eigenvalue weighted by atomic mass is 9.86. The van der Waals surface area contributed by atoms with Gasteiger partial charge >= 0.3 is 0 Å². The van der Waals surface area contributed by atoms with Crippen LogP contribution in [0, 0.1) is 5.92 Å². The molecule has 1 amide bonds.